The monoisotopic (exact) mass is 267 g/mol. The van der Waals surface area contributed by atoms with Crippen LogP contribution in [0.3, 0.4) is 0 Å². The van der Waals surface area contributed by atoms with Crippen LogP contribution in [-0.4, -0.2) is 39.8 Å². The van der Waals surface area contributed by atoms with Gasteiger partial charge in [-0.1, -0.05) is 12.1 Å². The van der Waals surface area contributed by atoms with E-state index in [-0.39, 0.29) is 24.4 Å². The fourth-order valence-corrected chi connectivity index (χ4v) is 1.60. The highest BCUT2D eigenvalue weighted by molar-refractivity contribution is 5.87. The van der Waals surface area contributed by atoms with E-state index in [4.69, 9.17) is 5.11 Å². The molecule has 2 atom stereocenters. The lowest BCUT2D eigenvalue weighted by atomic mass is 10.0. The summed E-state index contributed by atoms with van der Waals surface area (Å²) in [4.78, 5) is 21.3. The molecule has 1 aromatic carbocycles. The van der Waals surface area contributed by atoms with Crippen molar-refractivity contribution in [3.63, 3.8) is 0 Å². The van der Waals surface area contributed by atoms with Gasteiger partial charge in [-0.05, 0) is 24.1 Å². The molecule has 2 unspecified atom stereocenters. The van der Waals surface area contributed by atoms with Gasteiger partial charge < -0.3 is 20.6 Å². The largest absolute Gasteiger partial charge is 0.478 e. The standard InChI is InChI=1S/C13H17NO5/c1-8(15)14-7-6-11(16)12(17)9-2-4-10(5-3-9)13(18)19/h2-5,11-12,16-17H,6-7H2,1H3,(H,14,15)(H,18,19). The van der Waals surface area contributed by atoms with Crippen molar-refractivity contribution in [2.45, 2.75) is 25.6 Å². The molecule has 1 aromatic rings. The molecule has 0 radical (unpaired) electrons. The van der Waals surface area contributed by atoms with Gasteiger partial charge in [-0.2, -0.15) is 0 Å². The normalized spacial score (nSPS) is 13.6. The molecule has 0 saturated carbocycles. The Kier molecular flexibility index (Phi) is 5.47. The van der Waals surface area contributed by atoms with E-state index in [0.29, 0.717) is 5.56 Å². The molecule has 0 aromatic heterocycles. The SMILES string of the molecule is CC(=O)NCCC(O)C(O)c1ccc(C(=O)O)cc1. The maximum atomic E-state index is 10.7. The number of aromatic carboxylic acids is 1. The molecule has 0 heterocycles. The lowest BCUT2D eigenvalue weighted by Crippen LogP contribution is -2.27. The lowest BCUT2D eigenvalue weighted by molar-refractivity contribution is -0.119. The van der Waals surface area contributed by atoms with Crippen LogP contribution in [0.4, 0.5) is 0 Å². The minimum absolute atomic E-state index is 0.115. The minimum Gasteiger partial charge on any atom is -0.478 e. The molecule has 0 fully saturated rings. The van der Waals surface area contributed by atoms with Gasteiger partial charge in [-0.15, -0.1) is 0 Å². The van der Waals surface area contributed by atoms with Gasteiger partial charge in [0, 0.05) is 13.5 Å². The first-order valence-electron chi connectivity index (χ1n) is 5.85. The Bertz CT molecular complexity index is 443. The number of carboxylic acids is 1. The van der Waals surface area contributed by atoms with Gasteiger partial charge in [0.05, 0.1) is 11.7 Å². The molecule has 1 amide bonds. The number of hydrogen-bond acceptors (Lipinski definition) is 4. The Morgan fingerprint density at radius 1 is 1.21 bits per heavy atom. The first kappa shape index (κ1) is 15.1. The van der Waals surface area contributed by atoms with Crippen molar-refractivity contribution < 1.29 is 24.9 Å². The minimum atomic E-state index is -1.11. The van der Waals surface area contributed by atoms with E-state index >= 15 is 0 Å². The highest BCUT2D eigenvalue weighted by Gasteiger charge is 2.18. The number of aliphatic hydroxyl groups excluding tert-OH is 2. The van der Waals surface area contributed by atoms with Crippen molar-refractivity contribution in [1.29, 1.82) is 0 Å². The molecule has 0 bridgehead atoms. The molecule has 0 saturated heterocycles. The van der Waals surface area contributed by atoms with Crippen molar-refractivity contribution in [2.24, 2.45) is 0 Å². The van der Waals surface area contributed by atoms with E-state index in [1.165, 1.54) is 31.2 Å². The quantitative estimate of drug-likeness (QED) is 0.593. The molecular weight excluding hydrogens is 250 g/mol. The molecule has 104 valence electrons. The summed E-state index contributed by atoms with van der Waals surface area (Å²) < 4.78 is 0. The Labute approximate surface area is 110 Å². The van der Waals surface area contributed by atoms with E-state index in [1.54, 1.807) is 0 Å². The van der Waals surface area contributed by atoms with Crippen LogP contribution < -0.4 is 5.32 Å². The number of carbonyl (C=O) groups is 2. The molecule has 1 rings (SSSR count). The third kappa shape index (κ3) is 4.69. The first-order chi connectivity index (χ1) is 8.91. The van der Waals surface area contributed by atoms with Crippen molar-refractivity contribution in [2.75, 3.05) is 6.54 Å². The van der Waals surface area contributed by atoms with Crippen LogP contribution in [0.2, 0.25) is 0 Å². The van der Waals surface area contributed by atoms with E-state index < -0.39 is 18.2 Å². The summed E-state index contributed by atoms with van der Waals surface area (Å²) in [6.45, 7) is 1.63. The van der Waals surface area contributed by atoms with Gasteiger partial charge in [0.2, 0.25) is 5.91 Å². The number of rotatable bonds is 6. The maximum Gasteiger partial charge on any atom is 0.335 e. The number of benzene rings is 1. The summed E-state index contributed by atoms with van der Waals surface area (Å²) in [5.74, 6) is -1.25. The summed E-state index contributed by atoms with van der Waals surface area (Å²) in [6.07, 6.45) is -1.93. The molecule has 0 aliphatic heterocycles. The lowest BCUT2D eigenvalue weighted by Gasteiger charge is -2.18. The van der Waals surface area contributed by atoms with Crippen LogP contribution in [0.5, 0.6) is 0 Å². The van der Waals surface area contributed by atoms with Gasteiger partial charge in [-0.25, -0.2) is 4.79 Å². The summed E-state index contributed by atoms with van der Waals surface area (Å²) in [7, 11) is 0. The van der Waals surface area contributed by atoms with Crippen molar-refractivity contribution in [1.82, 2.24) is 5.32 Å². The van der Waals surface area contributed by atoms with Crippen LogP contribution >= 0.6 is 0 Å². The molecule has 19 heavy (non-hydrogen) atoms. The first-order valence-corrected chi connectivity index (χ1v) is 5.85. The Balaban J connectivity index is 2.58. The molecule has 4 N–H and O–H groups in total. The second-order valence-corrected chi connectivity index (χ2v) is 4.21. The molecule has 6 nitrogen and oxygen atoms in total. The van der Waals surface area contributed by atoms with Gasteiger partial charge in [0.15, 0.2) is 0 Å². The number of aliphatic hydroxyl groups is 2. The summed E-state index contributed by atoms with van der Waals surface area (Å²) in [5.41, 5.74) is 0.545. The number of amides is 1. The second kappa shape index (κ2) is 6.86. The van der Waals surface area contributed by atoms with Crippen molar-refractivity contribution >= 4 is 11.9 Å². The summed E-state index contributed by atoms with van der Waals surface area (Å²) in [6, 6.07) is 5.63. The number of nitrogens with one attached hydrogen (secondary N) is 1. The Morgan fingerprint density at radius 2 is 1.79 bits per heavy atom. The van der Waals surface area contributed by atoms with Crippen LogP contribution in [0.25, 0.3) is 0 Å². The number of carbonyl (C=O) groups excluding carboxylic acids is 1. The topological polar surface area (TPSA) is 107 Å². The highest BCUT2D eigenvalue weighted by atomic mass is 16.4. The zero-order valence-corrected chi connectivity index (χ0v) is 10.5. The highest BCUT2D eigenvalue weighted by Crippen LogP contribution is 2.19. The van der Waals surface area contributed by atoms with Gasteiger partial charge in [0.1, 0.15) is 6.10 Å². The van der Waals surface area contributed by atoms with Crippen LogP contribution in [0, 0.1) is 0 Å². The maximum absolute atomic E-state index is 10.7. The molecule has 6 heteroatoms. The fourth-order valence-electron chi connectivity index (χ4n) is 1.60. The predicted molar refractivity (Wildman–Crippen MR) is 67.7 cm³/mol. The summed E-state index contributed by atoms with van der Waals surface area (Å²) in [5, 5.41) is 30.9. The molecule has 0 aliphatic rings. The second-order valence-electron chi connectivity index (χ2n) is 4.21. The van der Waals surface area contributed by atoms with Gasteiger partial charge in [0.25, 0.3) is 0 Å². The molecule has 0 spiro atoms. The van der Waals surface area contributed by atoms with E-state index in [1.807, 2.05) is 0 Å². The molecular formula is C13H17NO5. The van der Waals surface area contributed by atoms with Crippen molar-refractivity contribution in [3.8, 4) is 0 Å². The fraction of sp³-hybridized carbons (Fsp3) is 0.385. The third-order valence-electron chi connectivity index (χ3n) is 2.68. The van der Waals surface area contributed by atoms with E-state index in [0.717, 1.165) is 0 Å². The zero-order chi connectivity index (χ0) is 14.4. The van der Waals surface area contributed by atoms with Crippen LogP contribution in [0.15, 0.2) is 24.3 Å². The smallest absolute Gasteiger partial charge is 0.335 e. The van der Waals surface area contributed by atoms with E-state index in [2.05, 4.69) is 5.32 Å². The summed E-state index contributed by atoms with van der Waals surface area (Å²) >= 11 is 0. The molecule has 0 aliphatic carbocycles. The van der Waals surface area contributed by atoms with E-state index in [9.17, 15) is 19.8 Å². The Morgan fingerprint density at radius 3 is 2.26 bits per heavy atom. The Hall–Kier alpha value is -1.92. The average molecular weight is 267 g/mol. The number of hydrogen-bond donors (Lipinski definition) is 4. The van der Waals surface area contributed by atoms with Crippen LogP contribution in [0.1, 0.15) is 35.4 Å². The predicted octanol–water partition coefficient (Wildman–Crippen LogP) is 0.305. The number of carboxylic acid groups (broad SMARTS) is 1. The van der Waals surface area contributed by atoms with Gasteiger partial charge >= 0.3 is 5.97 Å². The average Bonchev–Trinajstić information content (AvgIpc) is 2.37. The third-order valence-corrected chi connectivity index (χ3v) is 2.68. The zero-order valence-electron chi connectivity index (χ0n) is 10.5. The van der Waals surface area contributed by atoms with Crippen LogP contribution in [-0.2, 0) is 4.79 Å². The van der Waals surface area contributed by atoms with Gasteiger partial charge in [-0.3, -0.25) is 4.79 Å². The van der Waals surface area contributed by atoms with Crippen molar-refractivity contribution in [3.05, 3.63) is 35.4 Å².